The van der Waals surface area contributed by atoms with Crippen molar-refractivity contribution < 1.29 is 9.59 Å². The van der Waals surface area contributed by atoms with Crippen LogP contribution in [0.4, 0.5) is 0 Å². The molecule has 0 bridgehead atoms. The maximum atomic E-state index is 12.9. The van der Waals surface area contributed by atoms with Crippen molar-refractivity contribution in [2.45, 2.75) is 109 Å². The second kappa shape index (κ2) is 11.4. The molecular formula is C25H38N2O2. The van der Waals surface area contributed by atoms with E-state index in [0.717, 1.165) is 31.2 Å². The van der Waals surface area contributed by atoms with Crippen molar-refractivity contribution in [2.24, 2.45) is 0 Å². The van der Waals surface area contributed by atoms with Crippen LogP contribution >= 0.6 is 0 Å². The van der Waals surface area contributed by atoms with Gasteiger partial charge in [-0.25, -0.2) is 0 Å². The van der Waals surface area contributed by atoms with Crippen molar-refractivity contribution in [1.82, 2.24) is 10.6 Å². The van der Waals surface area contributed by atoms with Gasteiger partial charge in [-0.3, -0.25) is 9.59 Å². The number of hydrogen-bond acceptors (Lipinski definition) is 2. The summed E-state index contributed by atoms with van der Waals surface area (Å²) in [5.74, 6) is -0.0847. The maximum absolute atomic E-state index is 12.9. The third-order valence-corrected chi connectivity index (χ3v) is 6.48. The van der Waals surface area contributed by atoms with Gasteiger partial charge in [0.2, 0.25) is 0 Å². The predicted octanol–water partition coefficient (Wildman–Crippen LogP) is 5.68. The van der Waals surface area contributed by atoms with Crippen LogP contribution in [0.2, 0.25) is 0 Å². The number of carbonyl (C=O) groups is 2. The van der Waals surface area contributed by atoms with Gasteiger partial charge in [-0.1, -0.05) is 64.2 Å². The molecule has 2 saturated carbocycles. The predicted molar refractivity (Wildman–Crippen MR) is 118 cm³/mol. The zero-order valence-corrected chi connectivity index (χ0v) is 18.1. The van der Waals surface area contributed by atoms with Gasteiger partial charge in [-0.2, -0.15) is 0 Å². The fourth-order valence-electron chi connectivity index (χ4n) is 4.78. The first-order valence-electron chi connectivity index (χ1n) is 11.9. The molecule has 0 atom stereocenters. The Morgan fingerprint density at radius 3 is 1.34 bits per heavy atom. The zero-order valence-electron chi connectivity index (χ0n) is 18.1. The highest BCUT2D eigenvalue weighted by atomic mass is 16.2. The van der Waals surface area contributed by atoms with Crippen molar-refractivity contribution in [2.75, 3.05) is 0 Å². The highest BCUT2D eigenvalue weighted by Crippen LogP contribution is 2.20. The summed E-state index contributed by atoms with van der Waals surface area (Å²) < 4.78 is 0. The third kappa shape index (κ3) is 7.17. The molecule has 0 spiro atoms. The fraction of sp³-hybridized carbons (Fsp3) is 0.680. The summed E-state index contributed by atoms with van der Waals surface area (Å²) in [6.07, 6.45) is 16.7. The first kappa shape index (κ1) is 21.9. The molecular weight excluding hydrogens is 360 g/mol. The van der Waals surface area contributed by atoms with Gasteiger partial charge in [-0.05, 0) is 56.4 Å². The zero-order chi connectivity index (χ0) is 20.5. The van der Waals surface area contributed by atoms with Crippen molar-refractivity contribution in [3.63, 3.8) is 0 Å². The molecule has 0 radical (unpaired) electrons. The standard InChI is InChI=1S/C25H38N2O2/c1-19-16-20(24(28)26-22-12-8-4-2-5-9-13-22)18-21(17-19)25(29)27-23-14-10-6-3-7-11-15-23/h16-18,22-23H,2-15H2,1H3,(H,26,28)(H,27,29). The monoisotopic (exact) mass is 398 g/mol. The topological polar surface area (TPSA) is 58.2 Å². The lowest BCUT2D eigenvalue weighted by Gasteiger charge is -2.22. The molecule has 4 heteroatoms. The Hall–Kier alpha value is -1.84. The van der Waals surface area contributed by atoms with Crippen LogP contribution < -0.4 is 10.6 Å². The van der Waals surface area contributed by atoms with E-state index in [1.54, 1.807) is 6.07 Å². The van der Waals surface area contributed by atoms with Crippen LogP contribution in [0.3, 0.4) is 0 Å². The molecule has 3 rings (SSSR count). The van der Waals surface area contributed by atoms with Crippen molar-refractivity contribution in [3.8, 4) is 0 Å². The Kier molecular flexibility index (Phi) is 8.57. The molecule has 0 unspecified atom stereocenters. The summed E-state index contributed by atoms with van der Waals surface area (Å²) in [4.78, 5) is 25.7. The van der Waals surface area contributed by atoms with Gasteiger partial charge < -0.3 is 10.6 Å². The molecule has 2 amide bonds. The molecule has 2 aliphatic rings. The Bertz CT molecular complexity index is 615. The minimum Gasteiger partial charge on any atom is -0.349 e. The molecule has 2 fully saturated rings. The van der Waals surface area contributed by atoms with Crippen molar-refractivity contribution >= 4 is 11.8 Å². The number of aryl methyl sites for hydroxylation is 1. The van der Waals surface area contributed by atoms with Crippen molar-refractivity contribution in [3.05, 3.63) is 34.9 Å². The van der Waals surface area contributed by atoms with E-state index >= 15 is 0 Å². The van der Waals surface area contributed by atoms with Crippen LogP contribution in [-0.2, 0) is 0 Å². The van der Waals surface area contributed by atoms with Gasteiger partial charge in [0.1, 0.15) is 0 Å². The Labute approximate surface area is 176 Å². The Morgan fingerprint density at radius 2 is 0.966 bits per heavy atom. The molecule has 1 aromatic carbocycles. The number of amides is 2. The summed E-state index contributed by atoms with van der Waals surface area (Å²) in [6.45, 7) is 1.96. The highest BCUT2D eigenvalue weighted by Gasteiger charge is 2.19. The Balaban J connectivity index is 1.63. The molecule has 0 aliphatic heterocycles. The van der Waals surface area contributed by atoms with Crippen LogP contribution in [0.15, 0.2) is 18.2 Å². The molecule has 160 valence electrons. The number of rotatable bonds is 4. The molecule has 1 aromatic rings. The summed E-state index contributed by atoms with van der Waals surface area (Å²) in [7, 11) is 0. The first-order chi connectivity index (χ1) is 14.1. The average Bonchev–Trinajstić information content (AvgIpc) is 2.65. The summed E-state index contributed by atoms with van der Waals surface area (Å²) >= 11 is 0. The van der Waals surface area contributed by atoms with Crippen LogP contribution in [-0.4, -0.2) is 23.9 Å². The van der Waals surface area contributed by atoms with Crippen LogP contribution in [0.25, 0.3) is 0 Å². The number of nitrogens with one attached hydrogen (secondary N) is 2. The van der Waals surface area contributed by atoms with E-state index in [0.29, 0.717) is 11.1 Å². The van der Waals surface area contributed by atoms with E-state index in [1.165, 1.54) is 64.2 Å². The summed E-state index contributed by atoms with van der Waals surface area (Å²) in [5.41, 5.74) is 2.17. The van der Waals surface area contributed by atoms with Crippen molar-refractivity contribution in [1.29, 1.82) is 0 Å². The lowest BCUT2D eigenvalue weighted by atomic mass is 9.96. The molecule has 4 nitrogen and oxygen atoms in total. The van der Waals surface area contributed by atoms with E-state index < -0.39 is 0 Å². The third-order valence-electron chi connectivity index (χ3n) is 6.48. The number of benzene rings is 1. The van der Waals surface area contributed by atoms with E-state index in [1.807, 2.05) is 19.1 Å². The number of carbonyl (C=O) groups excluding carboxylic acids is 2. The first-order valence-corrected chi connectivity index (χ1v) is 11.9. The van der Waals surface area contributed by atoms with Gasteiger partial charge in [0.05, 0.1) is 0 Å². The van der Waals surface area contributed by atoms with Gasteiger partial charge in [-0.15, -0.1) is 0 Å². The SMILES string of the molecule is Cc1cc(C(=O)NC2CCCCCCC2)cc(C(=O)NC2CCCCCCC2)c1. The fourth-order valence-corrected chi connectivity index (χ4v) is 4.78. The van der Waals surface area contributed by atoms with Gasteiger partial charge in [0.25, 0.3) is 11.8 Å². The lowest BCUT2D eigenvalue weighted by Crippen LogP contribution is -2.36. The highest BCUT2D eigenvalue weighted by molar-refractivity contribution is 6.00. The minimum atomic E-state index is -0.0423. The second-order valence-electron chi connectivity index (χ2n) is 9.12. The molecule has 0 heterocycles. The van der Waals surface area contributed by atoms with Crippen LogP contribution in [0, 0.1) is 6.92 Å². The summed E-state index contributed by atoms with van der Waals surface area (Å²) in [5, 5.41) is 6.44. The smallest absolute Gasteiger partial charge is 0.251 e. The second-order valence-corrected chi connectivity index (χ2v) is 9.12. The van der Waals surface area contributed by atoms with E-state index in [-0.39, 0.29) is 23.9 Å². The van der Waals surface area contributed by atoms with Gasteiger partial charge in [0.15, 0.2) is 0 Å². The van der Waals surface area contributed by atoms with Gasteiger partial charge in [0, 0.05) is 23.2 Å². The minimum absolute atomic E-state index is 0.0423. The molecule has 29 heavy (non-hydrogen) atoms. The van der Waals surface area contributed by atoms with Crippen LogP contribution in [0.5, 0.6) is 0 Å². The molecule has 2 aliphatic carbocycles. The molecule has 0 aromatic heterocycles. The van der Waals surface area contributed by atoms with E-state index in [2.05, 4.69) is 10.6 Å². The lowest BCUT2D eigenvalue weighted by molar-refractivity contribution is 0.0929. The van der Waals surface area contributed by atoms with Gasteiger partial charge >= 0.3 is 0 Å². The Morgan fingerprint density at radius 1 is 0.621 bits per heavy atom. The number of hydrogen-bond donors (Lipinski definition) is 2. The van der Waals surface area contributed by atoms with E-state index in [4.69, 9.17) is 0 Å². The quantitative estimate of drug-likeness (QED) is 0.685. The molecule has 2 N–H and O–H groups in total. The normalized spacial score (nSPS) is 20.0. The molecule has 0 saturated heterocycles. The maximum Gasteiger partial charge on any atom is 0.251 e. The van der Waals surface area contributed by atoms with Crippen LogP contribution in [0.1, 0.15) is 116 Å². The average molecular weight is 399 g/mol. The van der Waals surface area contributed by atoms with E-state index in [9.17, 15) is 9.59 Å². The summed E-state index contributed by atoms with van der Waals surface area (Å²) in [6, 6.07) is 6.07. The largest absolute Gasteiger partial charge is 0.349 e.